The molecule has 0 bridgehead atoms. The fourth-order valence-electron chi connectivity index (χ4n) is 4.15. The van der Waals surface area contributed by atoms with Gasteiger partial charge in [-0.15, -0.1) is 0 Å². The number of aryl methyl sites for hydroxylation is 1. The Labute approximate surface area is 196 Å². The van der Waals surface area contributed by atoms with Crippen molar-refractivity contribution < 1.29 is 9.90 Å². The summed E-state index contributed by atoms with van der Waals surface area (Å²) in [6.07, 6.45) is 7.63. The Bertz CT molecular complexity index is 1350. The molecule has 4 aromatic rings. The van der Waals surface area contributed by atoms with Gasteiger partial charge in [0, 0.05) is 62.8 Å². The lowest BCUT2D eigenvalue weighted by molar-refractivity contribution is -0.143. The summed E-state index contributed by atoms with van der Waals surface area (Å²) < 4.78 is 3.43. The van der Waals surface area contributed by atoms with Gasteiger partial charge < -0.3 is 15.3 Å². The molecule has 3 aromatic heterocycles. The van der Waals surface area contributed by atoms with Crippen molar-refractivity contribution in [2.24, 2.45) is 7.05 Å². The SMILES string of the molecule is C[C@H](Nc1nccc(-n2ccc(-c3cccc([C@]4(O)CCN(C)C4=O)c3)n2)n1)c1cnn(C)c1. The minimum absolute atomic E-state index is 0.0111. The van der Waals surface area contributed by atoms with E-state index in [1.807, 2.05) is 56.8 Å². The quantitative estimate of drug-likeness (QED) is 0.456. The van der Waals surface area contributed by atoms with E-state index in [-0.39, 0.29) is 11.9 Å². The van der Waals surface area contributed by atoms with Crippen LogP contribution in [0.2, 0.25) is 0 Å². The van der Waals surface area contributed by atoms with Gasteiger partial charge in [0.15, 0.2) is 11.4 Å². The molecule has 0 radical (unpaired) electrons. The third-order valence-electron chi connectivity index (χ3n) is 6.18. The molecule has 1 aliphatic heterocycles. The summed E-state index contributed by atoms with van der Waals surface area (Å²) in [5, 5.41) is 23.2. The average Bonchev–Trinajstić information content (AvgIpc) is 3.57. The highest BCUT2D eigenvalue weighted by molar-refractivity contribution is 5.88. The van der Waals surface area contributed by atoms with Crippen LogP contribution in [-0.2, 0) is 17.4 Å². The van der Waals surface area contributed by atoms with Gasteiger partial charge in [0.25, 0.3) is 5.91 Å². The molecule has 10 heteroatoms. The first-order valence-corrected chi connectivity index (χ1v) is 11.1. The monoisotopic (exact) mass is 458 g/mol. The smallest absolute Gasteiger partial charge is 0.258 e. The predicted molar refractivity (Wildman–Crippen MR) is 126 cm³/mol. The van der Waals surface area contributed by atoms with Gasteiger partial charge in [0.2, 0.25) is 5.95 Å². The van der Waals surface area contributed by atoms with E-state index in [2.05, 4.69) is 25.5 Å². The molecular weight excluding hydrogens is 432 g/mol. The van der Waals surface area contributed by atoms with Crippen LogP contribution in [0.5, 0.6) is 0 Å². The molecule has 0 aliphatic carbocycles. The Morgan fingerprint density at radius 1 is 1.21 bits per heavy atom. The molecule has 2 atom stereocenters. The van der Waals surface area contributed by atoms with Gasteiger partial charge in [-0.1, -0.05) is 18.2 Å². The second-order valence-corrected chi connectivity index (χ2v) is 8.62. The lowest BCUT2D eigenvalue weighted by Crippen LogP contribution is -2.36. The van der Waals surface area contributed by atoms with Crippen molar-refractivity contribution in [1.82, 2.24) is 34.4 Å². The summed E-state index contributed by atoms with van der Waals surface area (Å²) in [4.78, 5) is 23.0. The first kappa shape index (κ1) is 21.8. The molecule has 1 fully saturated rings. The maximum atomic E-state index is 12.5. The summed E-state index contributed by atoms with van der Waals surface area (Å²) in [5.41, 5.74) is 1.63. The van der Waals surface area contributed by atoms with Crippen LogP contribution in [0.25, 0.3) is 17.1 Å². The number of hydrogen-bond acceptors (Lipinski definition) is 7. The fourth-order valence-corrected chi connectivity index (χ4v) is 4.15. The summed E-state index contributed by atoms with van der Waals surface area (Å²) in [6, 6.07) is 11.0. The summed E-state index contributed by atoms with van der Waals surface area (Å²) in [5.74, 6) is 0.820. The number of aromatic nitrogens is 6. The second-order valence-electron chi connectivity index (χ2n) is 8.62. The Morgan fingerprint density at radius 2 is 2.06 bits per heavy atom. The van der Waals surface area contributed by atoms with Gasteiger partial charge in [0.1, 0.15) is 0 Å². The molecule has 174 valence electrons. The Kier molecular flexibility index (Phi) is 5.37. The van der Waals surface area contributed by atoms with Gasteiger partial charge in [0.05, 0.1) is 17.9 Å². The van der Waals surface area contributed by atoms with E-state index in [1.54, 1.807) is 39.6 Å². The molecule has 1 amide bonds. The standard InChI is InChI=1S/C24H26N8O2/c1-16(18-14-26-31(3)15-18)27-23-25-10-7-21(28-23)32-11-8-20(29-32)17-5-4-6-19(13-17)24(34)9-12-30(2)22(24)33/h4-8,10-11,13-16,34H,9,12H2,1-3H3,(H,25,27,28)/t16-,24+/m0/s1. The number of likely N-dealkylation sites (N-methyl/N-ethyl adjacent to an activating group) is 1. The number of aliphatic hydroxyl groups is 1. The molecule has 1 aromatic carbocycles. The van der Waals surface area contributed by atoms with Crippen LogP contribution in [0.15, 0.2) is 61.2 Å². The highest BCUT2D eigenvalue weighted by atomic mass is 16.3. The van der Waals surface area contributed by atoms with Gasteiger partial charge in [-0.3, -0.25) is 9.48 Å². The first-order chi connectivity index (χ1) is 16.3. The molecule has 0 spiro atoms. The van der Waals surface area contributed by atoms with Crippen molar-refractivity contribution in [3.05, 3.63) is 72.3 Å². The summed E-state index contributed by atoms with van der Waals surface area (Å²) in [7, 11) is 3.58. The summed E-state index contributed by atoms with van der Waals surface area (Å²) in [6.45, 7) is 2.55. The van der Waals surface area contributed by atoms with Crippen LogP contribution in [0.4, 0.5) is 5.95 Å². The summed E-state index contributed by atoms with van der Waals surface area (Å²) >= 11 is 0. The molecular formula is C24H26N8O2. The minimum atomic E-state index is -1.49. The van der Waals surface area contributed by atoms with Crippen molar-refractivity contribution in [2.45, 2.75) is 25.0 Å². The topological polar surface area (TPSA) is 114 Å². The molecule has 1 aliphatic rings. The normalized spacial score (nSPS) is 18.9. The lowest BCUT2D eigenvalue weighted by atomic mass is 9.90. The van der Waals surface area contributed by atoms with E-state index in [0.29, 0.717) is 36.0 Å². The Hall–Kier alpha value is -4.05. The predicted octanol–water partition coefficient (Wildman–Crippen LogP) is 2.29. The molecule has 10 nitrogen and oxygen atoms in total. The van der Waals surface area contributed by atoms with Gasteiger partial charge in [-0.05, 0) is 24.6 Å². The molecule has 0 unspecified atom stereocenters. The van der Waals surface area contributed by atoms with E-state index < -0.39 is 5.60 Å². The zero-order valence-electron chi connectivity index (χ0n) is 19.3. The largest absolute Gasteiger partial charge is 0.375 e. The van der Waals surface area contributed by atoms with Gasteiger partial charge >= 0.3 is 0 Å². The van der Waals surface area contributed by atoms with Crippen LogP contribution >= 0.6 is 0 Å². The number of nitrogens with one attached hydrogen (secondary N) is 1. The van der Waals surface area contributed by atoms with E-state index >= 15 is 0 Å². The van der Waals surface area contributed by atoms with Gasteiger partial charge in [-0.2, -0.15) is 15.2 Å². The Balaban J connectivity index is 1.38. The van der Waals surface area contributed by atoms with Crippen molar-refractivity contribution in [1.29, 1.82) is 0 Å². The molecule has 0 saturated carbocycles. The number of amides is 1. The highest BCUT2D eigenvalue weighted by Crippen LogP contribution is 2.34. The highest BCUT2D eigenvalue weighted by Gasteiger charge is 2.45. The number of anilines is 1. The van der Waals surface area contributed by atoms with Crippen LogP contribution in [0, 0.1) is 0 Å². The second kappa shape index (κ2) is 8.38. The zero-order valence-corrected chi connectivity index (χ0v) is 19.3. The number of benzene rings is 1. The van der Waals surface area contributed by atoms with Crippen molar-refractivity contribution >= 4 is 11.9 Å². The third-order valence-corrected chi connectivity index (χ3v) is 6.18. The van der Waals surface area contributed by atoms with Crippen molar-refractivity contribution in [3.63, 3.8) is 0 Å². The number of carbonyl (C=O) groups excluding carboxylic acids is 1. The Morgan fingerprint density at radius 3 is 2.79 bits per heavy atom. The van der Waals surface area contributed by atoms with Gasteiger partial charge in [-0.25, -0.2) is 9.67 Å². The molecule has 5 rings (SSSR count). The van der Waals surface area contributed by atoms with Crippen LogP contribution in [0.1, 0.15) is 30.5 Å². The average molecular weight is 459 g/mol. The van der Waals surface area contributed by atoms with E-state index in [9.17, 15) is 9.90 Å². The van der Waals surface area contributed by atoms with Crippen LogP contribution in [-0.4, -0.2) is 59.0 Å². The number of carbonyl (C=O) groups is 1. The van der Waals surface area contributed by atoms with E-state index in [0.717, 1.165) is 11.1 Å². The number of nitrogens with zero attached hydrogens (tertiary/aromatic N) is 7. The number of rotatable bonds is 6. The third kappa shape index (κ3) is 3.92. The zero-order chi connectivity index (χ0) is 23.9. The maximum Gasteiger partial charge on any atom is 0.258 e. The van der Waals surface area contributed by atoms with Crippen molar-refractivity contribution in [2.75, 3.05) is 18.9 Å². The van der Waals surface area contributed by atoms with E-state index in [4.69, 9.17) is 0 Å². The number of hydrogen-bond donors (Lipinski definition) is 2. The molecule has 34 heavy (non-hydrogen) atoms. The lowest BCUT2D eigenvalue weighted by Gasteiger charge is -2.21. The molecule has 1 saturated heterocycles. The fraction of sp³-hybridized carbons (Fsp3) is 0.292. The minimum Gasteiger partial charge on any atom is -0.375 e. The van der Waals surface area contributed by atoms with Crippen LogP contribution in [0.3, 0.4) is 0 Å². The van der Waals surface area contributed by atoms with E-state index in [1.165, 1.54) is 0 Å². The van der Waals surface area contributed by atoms with Crippen molar-refractivity contribution in [3.8, 4) is 17.1 Å². The van der Waals surface area contributed by atoms with Crippen LogP contribution < -0.4 is 5.32 Å². The maximum absolute atomic E-state index is 12.5. The molecule has 4 heterocycles. The first-order valence-electron chi connectivity index (χ1n) is 11.1. The molecule has 2 N–H and O–H groups in total. The number of likely N-dealkylation sites (tertiary alicyclic amines) is 1.